The van der Waals surface area contributed by atoms with Crippen molar-refractivity contribution in [2.24, 2.45) is 5.10 Å². The normalized spacial score (nSPS) is 11.0. The quantitative estimate of drug-likeness (QED) is 0.540. The molecule has 0 fully saturated rings. The molecule has 2 aromatic heterocycles. The summed E-state index contributed by atoms with van der Waals surface area (Å²) in [6.07, 6.45) is 3.26. The van der Waals surface area contributed by atoms with Crippen LogP contribution in [0.15, 0.2) is 41.6 Å². The number of imidazole rings is 1. The number of hydrogen-bond donors (Lipinski definition) is 2. The largest absolute Gasteiger partial charge is 0.502 e. The molecule has 3 rings (SSSR count). The van der Waals surface area contributed by atoms with E-state index in [1.807, 2.05) is 35.7 Å². The Balaban J connectivity index is 1.79. The molecule has 1 aromatic carbocycles. The van der Waals surface area contributed by atoms with Crippen LogP contribution in [0, 0.1) is 6.92 Å². The zero-order chi connectivity index (χ0) is 18.7. The van der Waals surface area contributed by atoms with Crippen LogP contribution in [0.1, 0.15) is 21.7 Å². The van der Waals surface area contributed by atoms with Gasteiger partial charge in [0.25, 0.3) is 5.91 Å². The average Bonchev–Trinajstić information content (AvgIpc) is 3.00. The van der Waals surface area contributed by atoms with Crippen molar-refractivity contribution in [1.29, 1.82) is 0 Å². The Kier molecular flexibility index (Phi) is 4.74. The molecule has 8 heteroatoms. The summed E-state index contributed by atoms with van der Waals surface area (Å²) in [6, 6.07) is 8.69. The molecule has 0 radical (unpaired) electrons. The van der Waals surface area contributed by atoms with E-state index in [0.29, 0.717) is 16.9 Å². The smallest absolute Gasteiger partial charge is 0.291 e. The first-order valence-corrected chi connectivity index (χ1v) is 7.77. The van der Waals surface area contributed by atoms with Crippen molar-refractivity contribution >= 4 is 17.8 Å². The van der Waals surface area contributed by atoms with Gasteiger partial charge < -0.3 is 19.0 Å². The molecule has 3 aromatic rings. The van der Waals surface area contributed by atoms with Gasteiger partial charge >= 0.3 is 0 Å². The highest BCUT2D eigenvalue weighted by Gasteiger charge is 2.15. The maximum atomic E-state index is 12.3. The van der Waals surface area contributed by atoms with Crippen molar-refractivity contribution in [3.63, 3.8) is 0 Å². The summed E-state index contributed by atoms with van der Waals surface area (Å²) in [5.41, 5.74) is 4.75. The van der Waals surface area contributed by atoms with Crippen molar-refractivity contribution < 1.29 is 19.4 Å². The van der Waals surface area contributed by atoms with Crippen molar-refractivity contribution in [2.45, 2.75) is 6.92 Å². The topological polar surface area (TPSA) is 97.5 Å². The second-order valence-electron chi connectivity index (χ2n) is 5.45. The Morgan fingerprint density at radius 3 is 2.58 bits per heavy atom. The molecule has 0 saturated carbocycles. The molecule has 0 aliphatic heterocycles. The second-order valence-corrected chi connectivity index (χ2v) is 5.45. The molecule has 0 saturated heterocycles. The molecule has 0 bridgehead atoms. The molecule has 0 unspecified atom stereocenters. The van der Waals surface area contributed by atoms with Crippen molar-refractivity contribution in [3.8, 4) is 17.2 Å². The van der Waals surface area contributed by atoms with Crippen LogP contribution in [0.4, 0.5) is 0 Å². The predicted molar refractivity (Wildman–Crippen MR) is 96.2 cm³/mol. The first-order valence-electron chi connectivity index (χ1n) is 7.77. The lowest BCUT2D eigenvalue weighted by Gasteiger charge is -2.09. The van der Waals surface area contributed by atoms with Crippen LogP contribution in [-0.4, -0.2) is 40.8 Å². The summed E-state index contributed by atoms with van der Waals surface area (Å²) in [5, 5.41) is 13.8. The van der Waals surface area contributed by atoms with Crippen molar-refractivity contribution in [3.05, 3.63) is 53.5 Å². The summed E-state index contributed by atoms with van der Waals surface area (Å²) in [6.45, 7) is 1.81. The van der Waals surface area contributed by atoms with Gasteiger partial charge in [0.15, 0.2) is 17.2 Å². The molecule has 2 N–H and O–H groups in total. The van der Waals surface area contributed by atoms with Gasteiger partial charge in [0, 0.05) is 11.8 Å². The van der Waals surface area contributed by atoms with E-state index in [1.165, 1.54) is 20.4 Å². The average molecular weight is 354 g/mol. The fraction of sp³-hybridized carbons (Fsp3) is 0.167. The number of fused-ring (bicyclic) bond motifs is 1. The number of phenols is 1. The highest BCUT2D eigenvalue weighted by molar-refractivity contribution is 5.95. The molecule has 0 aliphatic carbocycles. The van der Waals surface area contributed by atoms with E-state index >= 15 is 0 Å². The SMILES string of the molecule is COc1cc(C=NNC(=O)c2nc3ccccn3c2C)cc(OC)c1O. The van der Waals surface area contributed by atoms with Crippen molar-refractivity contribution in [1.82, 2.24) is 14.8 Å². The second kappa shape index (κ2) is 7.14. The number of carbonyl (C=O) groups is 1. The molecule has 0 spiro atoms. The zero-order valence-electron chi connectivity index (χ0n) is 14.6. The van der Waals surface area contributed by atoms with Gasteiger partial charge in [-0.25, -0.2) is 10.4 Å². The number of benzene rings is 1. The third-order valence-electron chi connectivity index (χ3n) is 3.87. The number of hydrogen-bond acceptors (Lipinski definition) is 6. The Hall–Kier alpha value is -3.55. The minimum Gasteiger partial charge on any atom is -0.502 e. The third kappa shape index (κ3) is 3.16. The maximum Gasteiger partial charge on any atom is 0.291 e. The lowest BCUT2D eigenvalue weighted by Crippen LogP contribution is -2.19. The number of hydrazone groups is 1. The number of nitrogens with one attached hydrogen (secondary N) is 1. The van der Waals surface area contributed by atoms with E-state index in [2.05, 4.69) is 15.5 Å². The molecule has 0 atom stereocenters. The summed E-state index contributed by atoms with van der Waals surface area (Å²) in [7, 11) is 2.87. The van der Waals surface area contributed by atoms with Gasteiger partial charge in [0.1, 0.15) is 5.65 Å². The highest BCUT2D eigenvalue weighted by atomic mass is 16.5. The highest BCUT2D eigenvalue weighted by Crippen LogP contribution is 2.36. The molecule has 134 valence electrons. The van der Waals surface area contributed by atoms with Crippen LogP contribution in [-0.2, 0) is 0 Å². The van der Waals surface area contributed by atoms with Crippen LogP contribution in [0.3, 0.4) is 0 Å². The standard InChI is InChI=1S/C18H18N4O4/c1-11-16(20-15-6-4-5-7-22(11)15)18(24)21-19-10-12-8-13(25-2)17(23)14(9-12)26-3/h4-10,23H,1-3H3,(H,21,24). The van der Waals surface area contributed by atoms with Crippen LogP contribution in [0.2, 0.25) is 0 Å². The van der Waals surface area contributed by atoms with Gasteiger partial charge in [0.2, 0.25) is 5.75 Å². The number of carbonyl (C=O) groups excluding carboxylic acids is 1. The fourth-order valence-corrected chi connectivity index (χ4v) is 2.54. The minimum atomic E-state index is -0.417. The molecule has 1 amide bonds. The number of ether oxygens (including phenoxy) is 2. The molecular formula is C18H18N4O4. The summed E-state index contributed by atoms with van der Waals surface area (Å²) >= 11 is 0. The van der Waals surface area contributed by atoms with E-state index in [4.69, 9.17) is 9.47 Å². The van der Waals surface area contributed by atoms with E-state index in [9.17, 15) is 9.90 Å². The van der Waals surface area contributed by atoms with Crippen LogP contribution >= 0.6 is 0 Å². The number of amides is 1. The molecule has 26 heavy (non-hydrogen) atoms. The van der Waals surface area contributed by atoms with Gasteiger partial charge in [-0.3, -0.25) is 4.79 Å². The third-order valence-corrected chi connectivity index (χ3v) is 3.87. The Labute approximate surface area is 149 Å². The molecule has 0 aliphatic rings. The number of methoxy groups -OCH3 is 2. The van der Waals surface area contributed by atoms with Gasteiger partial charge in [-0.15, -0.1) is 0 Å². The number of nitrogens with zero attached hydrogens (tertiary/aromatic N) is 3. The Bertz CT molecular complexity index is 969. The van der Waals surface area contributed by atoms with Gasteiger partial charge in [-0.05, 0) is 31.2 Å². The van der Waals surface area contributed by atoms with Crippen LogP contribution in [0.25, 0.3) is 5.65 Å². The first-order chi connectivity index (χ1) is 12.5. The summed E-state index contributed by atoms with van der Waals surface area (Å²) in [4.78, 5) is 16.6. The van der Waals surface area contributed by atoms with Gasteiger partial charge in [0.05, 0.1) is 26.1 Å². The fourth-order valence-electron chi connectivity index (χ4n) is 2.54. The number of aromatic nitrogens is 2. The monoisotopic (exact) mass is 354 g/mol. The summed E-state index contributed by atoms with van der Waals surface area (Å²) in [5.74, 6) is -0.0293. The number of phenolic OH excluding ortho intramolecular Hbond substituents is 1. The molecule has 8 nitrogen and oxygen atoms in total. The molecular weight excluding hydrogens is 336 g/mol. The maximum absolute atomic E-state index is 12.3. The van der Waals surface area contributed by atoms with Crippen LogP contribution < -0.4 is 14.9 Å². The lowest BCUT2D eigenvalue weighted by molar-refractivity contribution is 0.0950. The lowest BCUT2D eigenvalue weighted by atomic mass is 10.2. The Morgan fingerprint density at radius 1 is 1.27 bits per heavy atom. The Morgan fingerprint density at radius 2 is 1.96 bits per heavy atom. The number of aryl methyl sites for hydroxylation is 1. The number of pyridine rings is 1. The van der Waals surface area contributed by atoms with E-state index in [-0.39, 0.29) is 17.2 Å². The van der Waals surface area contributed by atoms with Crippen molar-refractivity contribution in [2.75, 3.05) is 14.2 Å². The van der Waals surface area contributed by atoms with E-state index < -0.39 is 5.91 Å². The summed E-state index contributed by atoms with van der Waals surface area (Å²) < 4.78 is 12.0. The van der Waals surface area contributed by atoms with E-state index in [0.717, 1.165) is 5.69 Å². The number of rotatable bonds is 5. The van der Waals surface area contributed by atoms with Gasteiger partial charge in [-0.2, -0.15) is 5.10 Å². The number of aromatic hydroxyl groups is 1. The van der Waals surface area contributed by atoms with E-state index in [1.54, 1.807) is 12.1 Å². The molecule has 2 heterocycles. The zero-order valence-corrected chi connectivity index (χ0v) is 14.6. The minimum absolute atomic E-state index is 0.100. The van der Waals surface area contributed by atoms with Crippen LogP contribution in [0.5, 0.6) is 17.2 Å². The van der Waals surface area contributed by atoms with Gasteiger partial charge in [-0.1, -0.05) is 6.07 Å². The predicted octanol–water partition coefficient (Wildman–Crippen LogP) is 2.13. The first kappa shape index (κ1) is 17.3.